The zero-order chi connectivity index (χ0) is 16.1. The van der Waals surface area contributed by atoms with Crippen LogP contribution in [0.15, 0.2) is 35.0 Å². The van der Waals surface area contributed by atoms with Gasteiger partial charge in [-0.3, -0.25) is 14.5 Å². The van der Waals surface area contributed by atoms with Gasteiger partial charge in [0.05, 0.1) is 17.9 Å². The van der Waals surface area contributed by atoms with Crippen molar-refractivity contribution >= 4 is 6.29 Å². The molecule has 5 heteroatoms. The van der Waals surface area contributed by atoms with E-state index in [0.29, 0.717) is 18.2 Å². The number of aromatic nitrogens is 3. The molecule has 0 radical (unpaired) electrons. The number of hydrogen-bond donors (Lipinski definition) is 0. The summed E-state index contributed by atoms with van der Waals surface area (Å²) in [6, 6.07) is 5.91. The molecule has 0 spiro atoms. The van der Waals surface area contributed by atoms with Crippen molar-refractivity contribution in [1.29, 1.82) is 0 Å². The Morgan fingerprint density at radius 1 is 1.29 bits per heavy atom. The third-order valence-corrected chi connectivity index (χ3v) is 4.89. The Kier molecular flexibility index (Phi) is 2.95. The SMILES string of the molecule is O=Cc1oc2c(c1C1CC1)-c1nn(Cc3ccccn3)cc1CC2. The van der Waals surface area contributed by atoms with Crippen LogP contribution in [-0.4, -0.2) is 21.1 Å². The van der Waals surface area contributed by atoms with Gasteiger partial charge in [0, 0.05) is 29.9 Å². The second-order valence-electron chi connectivity index (χ2n) is 6.59. The van der Waals surface area contributed by atoms with Crippen LogP contribution < -0.4 is 0 Å². The Hall–Kier alpha value is -2.69. The van der Waals surface area contributed by atoms with Gasteiger partial charge in [0.25, 0.3) is 0 Å². The summed E-state index contributed by atoms with van der Waals surface area (Å²) in [6.07, 6.45) is 8.78. The summed E-state index contributed by atoms with van der Waals surface area (Å²) in [6.45, 7) is 0.653. The highest BCUT2D eigenvalue weighted by atomic mass is 16.3. The maximum absolute atomic E-state index is 11.4. The van der Waals surface area contributed by atoms with E-state index in [1.165, 1.54) is 5.56 Å². The number of pyridine rings is 1. The molecule has 0 amide bonds. The first-order valence-electron chi connectivity index (χ1n) is 8.41. The van der Waals surface area contributed by atoms with Crippen LogP contribution in [0.1, 0.15) is 51.9 Å². The van der Waals surface area contributed by atoms with E-state index in [9.17, 15) is 4.79 Å². The van der Waals surface area contributed by atoms with Gasteiger partial charge < -0.3 is 4.42 Å². The lowest BCUT2D eigenvalue weighted by atomic mass is 9.91. The molecule has 0 unspecified atom stereocenters. The molecule has 0 aromatic carbocycles. The molecule has 120 valence electrons. The average Bonchev–Trinajstić information content (AvgIpc) is 3.24. The maximum atomic E-state index is 11.4. The Balaban J connectivity index is 1.59. The molecule has 5 rings (SSSR count). The molecule has 0 N–H and O–H groups in total. The summed E-state index contributed by atoms with van der Waals surface area (Å²) in [5.74, 6) is 1.90. The first-order valence-corrected chi connectivity index (χ1v) is 8.41. The quantitative estimate of drug-likeness (QED) is 0.692. The number of aryl methyl sites for hydroxylation is 2. The number of carbonyl (C=O) groups excluding carboxylic acids is 1. The van der Waals surface area contributed by atoms with Crippen molar-refractivity contribution in [3.63, 3.8) is 0 Å². The third kappa shape index (κ3) is 2.12. The van der Waals surface area contributed by atoms with Crippen molar-refractivity contribution in [3.05, 3.63) is 58.9 Å². The predicted octanol–water partition coefficient (Wildman–Crippen LogP) is 3.37. The number of fused-ring (bicyclic) bond motifs is 3. The fraction of sp³-hybridized carbons (Fsp3) is 0.316. The minimum atomic E-state index is 0.463. The molecule has 0 aliphatic heterocycles. The van der Waals surface area contributed by atoms with Crippen molar-refractivity contribution in [1.82, 2.24) is 14.8 Å². The van der Waals surface area contributed by atoms with Crippen molar-refractivity contribution in [2.24, 2.45) is 0 Å². The van der Waals surface area contributed by atoms with Crippen LogP contribution in [0.4, 0.5) is 0 Å². The summed E-state index contributed by atoms with van der Waals surface area (Å²) in [5.41, 5.74) is 5.38. The number of nitrogens with zero attached hydrogens (tertiary/aromatic N) is 3. The number of rotatable bonds is 4. The van der Waals surface area contributed by atoms with E-state index in [1.54, 1.807) is 6.20 Å². The van der Waals surface area contributed by atoms with E-state index < -0.39 is 0 Å². The lowest BCUT2D eigenvalue weighted by Gasteiger charge is -2.10. The number of furan rings is 1. The zero-order valence-corrected chi connectivity index (χ0v) is 13.2. The minimum absolute atomic E-state index is 0.463. The molecule has 0 bridgehead atoms. The lowest BCUT2D eigenvalue weighted by molar-refractivity contribution is 0.109. The fourth-order valence-corrected chi connectivity index (χ4v) is 3.66. The van der Waals surface area contributed by atoms with E-state index in [-0.39, 0.29) is 0 Å². The standard InChI is InChI=1S/C19H17N3O2/c23-11-16-17(12-4-5-12)18-15(24-16)7-6-13-9-22(21-19(13)18)10-14-3-1-2-8-20-14/h1-3,8-9,11-12H,4-7,10H2. The van der Waals surface area contributed by atoms with E-state index >= 15 is 0 Å². The molecular weight excluding hydrogens is 302 g/mol. The topological polar surface area (TPSA) is 60.9 Å². The molecule has 3 heterocycles. The van der Waals surface area contributed by atoms with E-state index in [1.807, 2.05) is 22.9 Å². The molecule has 3 aromatic rings. The maximum Gasteiger partial charge on any atom is 0.185 e. The largest absolute Gasteiger partial charge is 0.457 e. The van der Waals surface area contributed by atoms with Crippen LogP contribution in [-0.2, 0) is 19.4 Å². The average molecular weight is 319 g/mol. The highest BCUT2D eigenvalue weighted by Crippen LogP contribution is 2.49. The molecule has 3 aromatic heterocycles. The molecule has 5 nitrogen and oxygen atoms in total. The number of carbonyl (C=O) groups is 1. The third-order valence-electron chi connectivity index (χ3n) is 4.89. The summed E-state index contributed by atoms with van der Waals surface area (Å²) in [4.78, 5) is 15.8. The first kappa shape index (κ1) is 13.7. The van der Waals surface area contributed by atoms with Gasteiger partial charge in [-0.2, -0.15) is 5.10 Å². The monoisotopic (exact) mass is 319 g/mol. The number of aldehydes is 1. The Bertz CT molecular complexity index is 920. The summed E-state index contributed by atoms with van der Waals surface area (Å²) >= 11 is 0. The van der Waals surface area contributed by atoms with E-state index in [2.05, 4.69) is 11.2 Å². The highest BCUT2D eigenvalue weighted by molar-refractivity contribution is 5.83. The van der Waals surface area contributed by atoms with Gasteiger partial charge >= 0.3 is 0 Å². The van der Waals surface area contributed by atoms with Crippen molar-refractivity contribution in [2.75, 3.05) is 0 Å². The van der Waals surface area contributed by atoms with Gasteiger partial charge in [-0.05, 0) is 42.9 Å². The van der Waals surface area contributed by atoms with E-state index in [0.717, 1.165) is 60.2 Å². The Morgan fingerprint density at radius 2 is 2.21 bits per heavy atom. The predicted molar refractivity (Wildman–Crippen MR) is 88.0 cm³/mol. The minimum Gasteiger partial charge on any atom is -0.457 e. The smallest absolute Gasteiger partial charge is 0.185 e. The fourth-order valence-electron chi connectivity index (χ4n) is 3.66. The van der Waals surface area contributed by atoms with Crippen molar-refractivity contribution in [2.45, 2.75) is 38.1 Å². The second kappa shape index (κ2) is 5.16. The van der Waals surface area contributed by atoms with Crippen LogP contribution in [0.25, 0.3) is 11.3 Å². The molecule has 2 aliphatic rings. The summed E-state index contributed by atoms with van der Waals surface area (Å²) in [5, 5.41) is 4.81. The summed E-state index contributed by atoms with van der Waals surface area (Å²) in [7, 11) is 0. The van der Waals surface area contributed by atoms with Crippen LogP contribution in [0.5, 0.6) is 0 Å². The Morgan fingerprint density at radius 3 is 2.96 bits per heavy atom. The van der Waals surface area contributed by atoms with Gasteiger partial charge in [0.1, 0.15) is 5.76 Å². The molecule has 1 fully saturated rings. The second-order valence-corrected chi connectivity index (χ2v) is 6.59. The molecular formula is C19H17N3O2. The van der Waals surface area contributed by atoms with Gasteiger partial charge in [0.2, 0.25) is 0 Å². The number of hydrogen-bond acceptors (Lipinski definition) is 4. The normalized spacial score (nSPS) is 15.8. The van der Waals surface area contributed by atoms with Crippen molar-refractivity contribution in [3.8, 4) is 11.3 Å². The van der Waals surface area contributed by atoms with Crippen LogP contribution in [0.3, 0.4) is 0 Å². The van der Waals surface area contributed by atoms with E-state index in [4.69, 9.17) is 9.52 Å². The molecule has 0 atom stereocenters. The van der Waals surface area contributed by atoms with Gasteiger partial charge in [-0.15, -0.1) is 0 Å². The van der Waals surface area contributed by atoms with Gasteiger partial charge in [-0.25, -0.2) is 0 Å². The molecule has 2 aliphatic carbocycles. The van der Waals surface area contributed by atoms with Crippen LogP contribution in [0.2, 0.25) is 0 Å². The molecule has 0 saturated heterocycles. The summed E-state index contributed by atoms with van der Waals surface area (Å²) < 4.78 is 7.79. The zero-order valence-electron chi connectivity index (χ0n) is 13.2. The van der Waals surface area contributed by atoms with Gasteiger partial charge in [0.15, 0.2) is 12.0 Å². The van der Waals surface area contributed by atoms with Crippen molar-refractivity contribution < 1.29 is 9.21 Å². The van der Waals surface area contributed by atoms with Gasteiger partial charge in [-0.1, -0.05) is 6.07 Å². The molecule has 1 saturated carbocycles. The highest BCUT2D eigenvalue weighted by Gasteiger charge is 2.36. The lowest BCUT2D eigenvalue weighted by Crippen LogP contribution is -2.03. The van der Waals surface area contributed by atoms with Crippen LogP contribution in [0, 0.1) is 0 Å². The Labute approximate surface area is 139 Å². The molecule has 24 heavy (non-hydrogen) atoms. The first-order chi connectivity index (χ1) is 11.8. The van der Waals surface area contributed by atoms with Crippen LogP contribution >= 0.6 is 0 Å².